The second kappa shape index (κ2) is 3.86. The summed E-state index contributed by atoms with van der Waals surface area (Å²) in [4.78, 5) is 4.34. The van der Waals surface area contributed by atoms with Crippen LogP contribution in [0.4, 0.5) is 0 Å². The predicted molar refractivity (Wildman–Crippen MR) is 66.8 cm³/mol. The largest absolute Gasteiger partial charge is 0.403 e. The second-order valence-corrected chi connectivity index (χ2v) is 4.34. The Morgan fingerprint density at radius 3 is 2.71 bits per heavy atom. The molecule has 0 saturated heterocycles. The molecule has 3 aromatic rings. The molecule has 0 spiro atoms. The highest BCUT2D eigenvalue weighted by Gasteiger charge is 2.14. The molecule has 0 aliphatic carbocycles. The van der Waals surface area contributed by atoms with E-state index in [0.29, 0.717) is 0 Å². The summed E-state index contributed by atoms with van der Waals surface area (Å²) in [5, 5.41) is 0.748. The molecule has 4 heteroatoms. The third-order valence-corrected chi connectivity index (χ3v) is 3.07. The van der Waals surface area contributed by atoms with Gasteiger partial charge in [0.2, 0.25) is 0 Å². The number of hydrogen-bond acceptors (Lipinski definition) is 1. The van der Waals surface area contributed by atoms with E-state index in [0.717, 1.165) is 22.1 Å². The van der Waals surface area contributed by atoms with Crippen LogP contribution in [0, 0.1) is 0 Å². The van der Waals surface area contributed by atoms with Gasteiger partial charge in [-0.3, -0.25) is 0 Å². The lowest BCUT2D eigenvalue weighted by Gasteiger charge is -1.97. The van der Waals surface area contributed by atoms with Gasteiger partial charge in [-0.05, 0) is 24.3 Å². The van der Waals surface area contributed by atoms with Crippen molar-refractivity contribution < 1.29 is 4.40 Å². The number of benzene rings is 1. The van der Waals surface area contributed by atoms with Crippen molar-refractivity contribution in [2.24, 2.45) is 7.05 Å². The Hall–Kier alpha value is -1.87. The van der Waals surface area contributed by atoms with Crippen molar-refractivity contribution >= 4 is 17.4 Å². The second-order valence-electron chi connectivity index (χ2n) is 3.91. The van der Waals surface area contributed by atoms with Gasteiger partial charge in [0.25, 0.3) is 0 Å². The number of aryl methyl sites for hydroxylation is 1. The molecule has 0 bridgehead atoms. The fraction of sp³-hybridized carbons (Fsp3) is 0.0769. The van der Waals surface area contributed by atoms with Crippen LogP contribution in [-0.2, 0) is 7.05 Å². The van der Waals surface area contributed by atoms with E-state index in [-0.39, 0.29) is 0 Å². The van der Waals surface area contributed by atoms with Crippen molar-refractivity contribution in [3.8, 4) is 11.3 Å². The molecule has 84 valence electrons. The third-order valence-electron chi connectivity index (χ3n) is 2.82. The van der Waals surface area contributed by atoms with Crippen molar-refractivity contribution in [2.75, 3.05) is 0 Å². The summed E-state index contributed by atoms with van der Waals surface area (Å²) < 4.78 is 4.06. The molecule has 0 aliphatic rings. The molecule has 2 heterocycles. The first kappa shape index (κ1) is 10.3. The van der Waals surface area contributed by atoms with E-state index in [2.05, 4.69) is 15.7 Å². The van der Waals surface area contributed by atoms with Crippen LogP contribution < -0.4 is 4.40 Å². The quantitative estimate of drug-likeness (QED) is 0.603. The van der Waals surface area contributed by atoms with Gasteiger partial charge >= 0.3 is 5.78 Å². The number of aromatic nitrogens is 3. The smallest absolute Gasteiger partial charge is 0.227 e. The highest BCUT2D eigenvalue weighted by molar-refractivity contribution is 6.30. The van der Waals surface area contributed by atoms with E-state index in [1.54, 1.807) is 6.20 Å². The minimum Gasteiger partial charge on any atom is -0.227 e. The Morgan fingerprint density at radius 1 is 1.24 bits per heavy atom. The Labute approximate surface area is 104 Å². The number of hydrogen-bond donors (Lipinski definition) is 0. The summed E-state index contributed by atoms with van der Waals surface area (Å²) in [5.41, 5.74) is 2.24. The molecule has 0 N–H and O–H groups in total. The summed E-state index contributed by atoms with van der Waals surface area (Å²) in [5.74, 6) is 0.914. The predicted octanol–water partition coefficient (Wildman–Crippen LogP) is 2.48. The Balaban J connectivity index is 2.24. The number of fused-ring (bicyclic) bond motifs is 1. The summed E-state index contributed by atoms with van der Waals surface area (Å²) in [6.07, 6.45) is 5.84. The molecule has 2 aromatic heterocycles. The van der Waals surface area contributed by atoms with Gasteiger partial charge in [0.15, 0.2) is 0 Å². The fourth-order valence-corrected chi connectivity index (χ4v) is 2.08. The highest BCUT2D eigenvalue weighted by Crippen LogP contribution is 2.20. The fourth-order valence-electron chi connectivity index (χ4n) is 1.95. The molecule has 1 aromatic carbocycles. The van der Waals surface area contributed by atoms with Gasteiger partial charge in [-0.2, -0.15) is 0 Å². The summed E-state index contributed by atoms with van der Waals surface area (Å²) in [7, 11) is 2.01. The van der Waals surface area contributed by atoms with Gasteiger partial charge < -0.3 is 0 Å². The average molecular weight is 245 g/mol. The maximum absolute atomic E-state index is 5.89. The third kappa shape index (κ3) is 1.68. The van der Waals surface area contributed by atoms with Crippen LogP contribution in [0.3, 0.4) is 0 Å². The molecule has 17 heavy (non-hydrogen) atoms. The lowest BCUT2D eigenvalue weighted by atomic mass is 10.2. The SMILES string of the molecule is Cn1c(-c2ccc(Cl)cc2)c[n+]2cccnc12. The molecule has 0 fully saturated rings. The van der Waals surface area contributed by atoms with Crippen LogP contribution in [0.1, 0.15) is 0 Å². The first-order chi connectivity index (χ1) is 8.25. The van der Waals surface area contributed by atoms with E-state index in [1.165, 1.54) is 0 Å². The maximum Gasteiger partial charge on any atom is 0.403 e. The molecule has 3 nitrogen and oxygen atoms in total. The molecule has 3 rings (SSSR count). The Morgan fingerprint density at radius 2 is 2.00 bits per heavy atom. The van der Waals surface area contributed by atoms with Crippen LogP contribution >= 0.6 is 11.6 Å². The molecule has 0 saturated carbocycles. The van der Waals surface area contributed by atoms with E-state index in [4.69, 9.17) is 11.6 Å². The molecule has 0 amide bonds. The van der Waals surface area contributed by atoms with Gasteiger partial charge in [-0.15, -0.1) is 0 Å². The monoisotopic (exact) mass is 244 g/mol. The van der Waals surface area contributed by atoms with Crippen LogP contribution in [0.5, 0.6) is 0 Å². The molecule has 0 aliphatic heterocycles. The van der Waals surface area contributed by atoms with Gasteiger partial charge in [0.05, 0.1) is 13.2 Å². The van der Waals surface area contributed by atoms with Gasteiger partial charge in [-0.25, -0.2) is 8.97 Å². The van der Waals surface area contributed by atoms with Crippen molar-refractivity contribution in [1.29, 1.82) is 0 Å². The molecule has 0 unspecified atom stereocenters. The van der Waals surface area contributed by atoms with Crippen molar-refractivity contribution in [1.82, 2.24) is 9.55 Å². The minimum atomic E-state index is 0.748. The molecular weight excluding hydrogens is 234 g/mol. The van der Waals surface area contributed by atoms with Crippen LogP contribution in [0.15, 0.2) is 48.9 Å². The molecule has 0 atom stereocenters. The topological polar surface area (TPSA) is 21.9 Å². The first-order valence-electron chi connectivity index (χ1n) is 5.33. The summed E-state index contributed by atoms with van der Waals surface area (Å²) in [6.45, 7) is 0. The Kier molecular flexibility index (Phi) is 2.34. The lowest BCUT2D eigenvalue weighted by Crippen LogP contribution is -2.19. The Bertz CT molecular complexity index is 671. The summed E-state index contributed by atoms with van der Waals surface area (Å²) in [6, 6.07) is 9.73. The number of imidazole rings is 1. The first-order valence-corrected chi connectivity index (χ1v) is 5.71. The van der Waals surface area contributed by atoms with Crippen LogP contribution in [0.2, 0.25) is 5.02 Å². The molecular formula is C13H11ClN3+. The van der Waals surface area contributed by atoms with E-state index in [1.807, 2.05) is 48.0 Å². The van der Waals surface area contributed by atoms with Crippen molar-refractivity contribution in [2.45, 2.75) is 0 Å². The normalized spacial score (nSPS) is 10.9. The van der Waals surface area contributed by atoms with Gasteiger partial charge in [0.1, 0.15) is 18.1 Å². The van der Waals surface area contributed by atoms with Crippen LogP contribution in [-0.4, -0.2) is 9.55 Å². The number of halogens is 1. The highest BCUT2D eigenvalue weighted by atomic mass is 35.5. The average Bonchev–Trinajstić information content (AvgIpc) is 2.69. The summed E-state index contributed by atoms with van der Waals surface area (Å²) >= 11 is 5.89. The van der Waals surface area contributed by atoms with Crippen LogP contribution in [0.25, 0.3) is 17.0 Å². The number of rotatable bonds is 1. The van der Waals surface area contributed by atoms with E-state index in [9.17, 15) is 0 Å². The van der Waals surface area contributed by atoms with Gasteiger partial charge in [-0.1, -0.05) is 16.6 Å². The lowest BCUT2D eigenvalue weighted by molar-refractivity contribution is -0.513. The van der Waals surface area contributed by atoms with E-state index < -0.39 is 0 Å². The zero-order valence-corrected chi connectivity index (χ0v) is 10.1. The van der Waals surface area contributed by atoms with E-state index >= 15 is 0 Å². The van der Waals surface area contributed by atoms with Crippen molar-refractivity contribution in [3.05, 3.63) is 53.9 Å². The zero-order chi connectivity index (χ0) is 11.8. The standard InChI is InChI=1S/C13H11ClN3/c1-16-12(10-3-5-11(14)6-4-10)9-17-8-2-7-15-13(16)17/h2-9H,1H3/q+1. The van der Waals surface area contributed by atoms with Gasteiger partial charge in [0, 0.05) is 16.7 Å². The van der Waals surface area contributed by atoms with Crippen molar-refractivity contribution in [3.63, 3.8) is 0 Å². The zero-order valence-electron chi connectivity index (χ0n) is 9.34. The minimum absolute atomic E-state index is 0.748. The maximum atomic E-state index is 5.89. The molecule has 0 radical (unpaired) electrons. The number of nitrogens with zero attached hydrogens (tertiary/aromatic N) is 3.